The molecular weight excluding hydrogens is 285 g/mol. The lowest BCUT2D eigenvalue weighted by Crippen LogP contribution is -2.46. The number of carbonyl (C=O) groups excluding carboxylic acids is 1. The van der Waals surface area contributed by atoms with Crippen LogP contribution in [0.4, 0.5) is 28.4 Å². The number of nitrogens with two attached hydrogens (primary N) is 1. The molecule has 11 heteroatoms. The summed E-state index contributed by atoms with van der Waals surface area (Å²) < 4.78 is 42.7. The SMILES string of the molecule is COc1ncc(N(C(=O)O)C(=O)NN)cc1C(F)(F)F. The van der Waals surface area contributed by atoms with Crippen LogP contribution in [0.15, 0.2) is 12.3 Å². The summed E-state index contributed by atoms with van der Waals surface area (Å²) >= 11 is 0. The quantitative estimate of drug-likeness (QED) is 0.428. The molecule has 0 atom stereocenters. The Bertz CT molecular complexity index is 534. The number of imide groups is 1. The van der Waals surface area contributed by atoms with Crippen LogP contribution in [0.2, 0.25) is 0 Å². The fourth-order valence-corrected chi connectivity index (χ4v) is 1.31. The number of rotatable bonds is 2. The Morgan fingerprint density at radius 1 is 1.50 bits per heavy atom. The number of aromatic nitrogens is 1. The Balaban J connectivity index is 3.39. The Kier molecular flexibility index (Phi) is 4.34. The van der Waals surface area contributed by atoms with Crippen molar-refractivity contribution in [2.75, 3.05) is 12.0 Å². The van der Waals surface area contributed by atoms with Crippen LogP contribution >= 0.6 is 0 Å². The standard InChI is InChI=1S/C9H9F3N4O4/c1-20-6-5(9(10,11)12)2-4(3-14-6)16(8(18)19)7(17)15-13/h2-3H,13H2,1H3,(H,15,17)(H,18,19). The normalized spacial score (nSPS) is 10.8. The van der Waals surface area contributed by atoms with E-state index in [0.29, 0.717) is 6.07 Å². The lowest BCUT2D eigenvalue weighted by atomic mass is 10.2. The van der Waals surface area contributed by atoms with E-state index in [4.69, 9.17) is 10.9 Å². The molecule has 3 amide bonds. The second-order valence-corrected chi connectivity index (χ2v) is 3.32. The Labute approximate surface area is 109 Å². The monoisotopic (exact) mass is 294 g/mol. The first kappa shape index (κ1) is 15.5. The van der Waals surface area contributed by atoms with Crippen LogP contribution < -0.4 is 20.9 Å². The number of amides is 3. The van der Waals surface area contributed by atoms with E-state index in [0.717, 1.165) is 13.3 Å². The second-order valence-electron chi connectivity index (χ2n) is 3.32. The van der Waals surface area contributed by atoms with Gasteiger partial charge in [0.2, 0.25) is 5.88 Å². The maximum atomic E-state index is 12.8. The van der Waals surface area contributed by atoms with Crippen molar-refractivity contribution in [3.05, 3.63) is 17.8 Å². The fraction of sp³-hybridized carbons (Fsp3) is 0.222. The van der Waals surface area contributed by atoms with Crippen LogP contribution in [0.1, 0.15) is 5.56 Å². The molecule has 0 unspecified atom stereocenters. The molecule has 0 saturated heterocycles. The predicted octanol–water partition coefficient (Wildman–Crippen LogP) is 1.18. The number of halogens is 3. The van der Waals surface area contributed by atoms with Crippen molar-refractivity contribution in [1.29, 1.82) is 0 Å². The molecule has 4 N–H and O–H groups in total. The van der Waals surface area contributed by atoms with E-state index in [1.165, 1.54) is 5.43 Å². The molecule has 0 aliphatic carbocycles. The molecule has 0 spiro atoms. The number of carboxylic acid groups (broad SMARTS) is 1. The predicted molar refractivity (Wildman–Crippen MR) is 59.0 cm³/mol. The van der Waals surface area contributed by atoms with E-state index in [1.54, 1.807) is 0 Å². The van der Waals surface area contributed by atoms with Crippen molar-refractivity contribution in [2.45, 2.75) is 6.18 Å². The summed E-state index contributed by atoms with van der Waals surface area (Å²) in [4.78, 5) is 25.4. The molecule has 0 aromatic carbocycles. The first-order chi connectivity index (χ1) is 9.22. The molecule has 0 bridgehead atoms. The third kappa shape index (κ3) is 3.06. The zero-order valence-electron chi connectivity index (χ0n) is 9.93. The number of nitrogens with one attached hydrogen (secondary N) is 1. The van der Waals surface area contributed by atoms with E-state index >= 15 is 0 Å². The number of pyridine rings is 1. The Morgan fingerprint density at radius 3 is 2.50 bits per heavy atom. The summed E-state index contributed by atoms with van der Waals surface area (Å²) in [5.74, 6) is 4.01. The van der Waals surface area contributed by atoms with Crippen LogP contribution in [-0.4, -0.2) is 29.3 Å². The highest BCUT2D eigenvalue weighted by Gasteiger charge is 2.37. The second kappa shape index (κ2) is 5.61. The number of nitrogens with zero attached hydrogens (tertiary/aromatic N) is 2. The summed E-state index contributed by atoms with van der Waals surface area (Å²) in [5.41, 5.74) is -0.459. The van der Waals surface area contributed by atoms with E-state index in [1.807, 2.05) is 0 Å². The molecule has 0 saturated carbocycles. The van der Waals surface area contributed by atoms with Gasteiger partial charge in [-0.25, -0.2) is 20.4 Å². The van der Waals surface area contributed by atoms with Gasteiger partial charge >= 0.3 is 18.3 Å². The molecule has 1 aromatic rings. The number of ether oxygens (including phenoxy) is 1. The van der Waals surface area contributed by atoms with E-state index < -0.39 is 35.4 Å². The summed E-state index contributed by atoms with van der Waals surface area (Å²) in [7, 11) is 0.971. The fourth-order valence-electron chi connectivity index (χ4n) is 1.31. The molecule has 0 fully saturated rings. The smallest absolute Gasteiger partial charge is 0.421 e. The number of hydrazine groups is 1. The van der Waals surface area contributed by atoms with Gasteiger partial charge in [-0.1, -0.05) is 0 Å². The van der Waals surface area contributed by atoms with Crippen molar-refractivity contribution in [2.24, 2.45) is 5.84 Å². The highest BCUT2D eigenvalue weighted by Crippen LogP contribution is 2.37. The molecule has 110 valence electrons. The van der Waals surface area contributed by atoms with Gasteiger partial charge in [-0.2, -0.15) is 18.1 Å². The Hall–Kier alpha value is -2.56. The summed E-state index contributed by atoms with van der Waals surface area (Å²) in [6, 6.07) is -0.924. The third-order valence-corrected chi connectivity index (χ3v) is 2.11. The van der Waals surface area contributed by atoms with Gasteiger partial charge in [0, 0.05) is 0 Å². The van der Waals surface area contributed by atoms with E-state index in [2.05, 4.69) is 9.72 Å². The topological polar surface area (TPSA) is 118 Å². The number of hydrogen-bond acceptors (Lipinski definition) is 5. The van der Waals surface area contributed by atoms with E-state index in [9.17, 15) is 22.8 Å². The lowest BCUT2D eigenvalue weighted by Gasteiger charge is -2.18. The van der Waals surface area contributed by atoms with Gasteiger partial charge in [-0.3, -0.25) is 5.43 Å². The van der Waals surface area contributed by atoms with Gasteiger partial charge in [0.15, 0.2) is 0 Å². The van der Waals surface area contributed by atoms with Crippen molar-refractivity contribution in [3.8, 4) is 5.88 Å². The number of carbonyl (C=O) groups is 2. The minimum atomic E-state index is -4.84. The summed E-state index contributed by atoms with van der Waals surface area (Å²) in [5, 5.41) is 8.82. The Morgan fingerprint density at radius 2 is 2.10 bits per heavy atom. The van der Waals surface area contributed by atoms with Crippen molar-refractivity contribution < 1.29 is 32.6 Å². The first-order valence-corrected chi connectivity index (χ1v) is 4.87. The molecule has 0 radical (unpaired) electrons. The number of methoxy groups -OCH3 is 1. The van der Waals surface area contributed by atoms with Crippen molar-refractivity contribution in [1.82, 2.24) is 10.4 Å². The number of anilines is 1. The maximum absolute atomic E-state index is 12.8. The molecule has 20 heavy (non-hydrogen) atoms. The number of urea groups is 1. The molecule has 1 heterocycles. The number of hydrogen-bond donors (Lipinski definition) is 3. The van der Waals surface area contributed by atoms with Crippen molar-refractivity contribution >= 4 is 17.8 Å². The van der Waals surface area contributed by atoms with Crippen LogP contribution in [0.5, 0.6) is 5.88 Å². The van der Waals surface area contributed by atoms with Crippen molar-refractivity contribution in [3.63, 3.8) is 0 Å². The third-order valence-electron chi connectivity index (χ3n) is 2.11. The minimum absolute atomic E-state index is 0.0261. The lowest BCUT2D eigenvalue weighted by molar-refractivity contribution is -0.139. The van der Waals surface area contributed by atoms with Crippen LogP contribution in [0.25, 0.3) is 0 Å². The average Bonchev–Trinajstić information content (AvgIpc) is 2.37. The number of alkyl halides is 3. The summed E-state index contributed by atoms with van der Waals surface area (Å²) in [6.45, 7) is 0. The molecule has 1 aromatic heterocycles. The summed E-state index contributed by atoms with van der Waals surface area (Å²) in [6.07, 6.45) is -5.93. The van der Waals surface area contributed by atoms with Gasteiger partial charge in [-0.05, 0) is 6.07 Å². The van der Waals surface area contributed by atoms with Gasteiger partial charge < -0.3 is 9.84 Å². The molecular formula is C9H9F3N4O4. The molecule has 1 rings (SSSR count). The van der Waals surface area contributed by atoms with Crippen LogP contribution in [-0.2, 0) is 6.18 Å². The zero-order chi connectivity index (χ0) is 15.5. The first-order valence-electron chi connectivity index (χ1n) is 4.87. The largest absolute Gasteiger partial charge is 0.481 e. The van der Waals surface area contributed by atoms with E-state index in [-0.39, 0.29) is 4.90 Å². The highest BCUT2D eigenvalue weighted by molar-refractivity contribution is 6.10. The van der Waals surface area contributed by atoms with Gasteiger partial charge in [-0.15, -0.1) is 0 Å². The average molecular weight is 294 g/mol. The van der Waals surface area contributed by atoms with Gasteiger partial charge in [0.25, 0.3) is 0 Å². The molecule has 8 nitrogen and oxygen atoms in total. The zero-order valence-corrected chi connectivity index (χ0v) is 9.93. The van der Waals surface area contributed by atoms with Crippen LogP contribution in [0, 0.1) is 0 Å². The van der Waals surface area contributed by atoms with Gasteiger partial charge in [0.1, 0.15) is 5.56 Å². The molecule has 0 aliphatic heterocycles. The van der Waals surface area contributed by atoms with Crippen LogP contribution in [0.3, 0.4) is 0 Å². The molecule has 0 aliphatic rings. The maximum Gasteiger partial charge on any atom is 0.421 e. The van der Waals surface area contributed by atoms with Gasteiger partial charge in [0.05, 0.1) is 19.0 Å². The highest BCUT2D eigenvalue weighted by atomic mass is 19.4. The minimum Gasteiger partial charge on any atom is -0.481 e.